The van der Waals surface area contributed by atoms with Crippen molar-refractivity contribution >= 4 is 10.8 Å². The number of nitrogens with one attached hydrogen (secondary N) is 1. The van der Waals surface area contributed by atoms with Crippen LogP contribution in [0.5, 0.6) is 5.75 Å². The highest BCUT2D eigenvalue weighted by Crippen LogP contribution is 2.27. The highest BCUT2D eigenvalue weighted by atomic mass is 16.5. The van der Waals surface area contributed by atoms with Crippen molar-refractivity contribution in [3.63, 3.8) is 0 Å². The van der Waals surface area contributed by atoms with Crippen molar-refractivity contribution in [3.8, 4) is 11.6 Å². The van der Waals surface area contributed by atoms with Gasteiger partial charge in [-0.25, -0.2) is 9.67 Å². The van der Waals surface area contributed by atoms with E-state index >= 15 is 0 Å². The van der Waals surface area contributed by atoms with Gasteiger partial charge in [-0.15, -0.1) is 0 Å². The van der Waals surface area contributed by atoms with Crippen LogP contribution in [0.25, 0.3) is 16.6 Å². The fraction of sp³-hybridized carbons (Fsp3) is 0.250. The minimum absolute atomic E-state index is 0.149. The zero-order chi connectivity index (χ0) is 14.8. The second kappa shape index (κ2) is 5.54. The summed E-state index contributed by atoms with van der Waals surface area (Å²) in [7, 11) is 3.61. The van der Waals surface area contributed by atoms with Crippen LogP contribution in [0.3, 0.4) is 0 Å². The number of methoxy groups -OCH3 is 1. The number of aromatic nitrogens is 3. The molecule has 1 aromatic carbocycles. The Labute approximate surface area is 123 Å². The third-order valence-electron chi connectivity index (χ3n) is 3.64. The van der Waals surface area contributed by atoms with Crippen LogP contribution >= 0.6 is 0 Å². The third kappa shape index (κ3) is 2.48. The van der Waals surface area contributed by atoms with Crippen molar-refractivity contribution in [2.75, 3.05) is 14.2 Å². The molecule has 2 aromatic heterocycles. The highest BCUT2D eigenvalue weighted by Gasteiger charge is 2.13. The summed E-state index contributed by atoms with van der Waals surface area (Å²) in [4.78, 5) is 4.77. The normalized spacial score (nSPS) is 12.5. The van der Waals surface area contributed by atoms with E-state index in [0.717, 1.165) is 28.0 Å². The summed E-state index contributed by atoms with van der Waals surface area (Å²) in [5, 5.41) is 9.72. The first-order valence-corrected chi connectivity index (χ1v) is 6.89. The molecular formula is C16H18N4O. The molecule has 3 aromatic rings. The molecule has 0 saturated heterocycles. The van der Waals surface area contributed by atoms with Gasteiger partial charge >= 0.3 is 0 Å². The SMILES string of the molecule is CNC(C)c1nc(-n2cccn2)cc2cc(OC)ccc12. The van der Waals surface area contributed by atoms with E-state index in [9.17, 15) is 0 Å². The lowest BCUT2D eigenvalue weighted by Crippen LogP contribution is -2.15. The molecule has 1 atom stereocenters. The first-order valence-electron chi connectivity index (χ1n) is 6.89. The van der Waals surface area contributed by atoms with Crippen LogP contribution in [0.4, 0.5) is 0 Å². The van der Waals surface area contributed by atoms with Crippen molar-refractivity contribution in [1.82, 2.24) is 20.1 Å². The van der Waals surface area contributed by atoms with Gasteiger partial charge in [0.15, 0.2) is 5.82 Å². The van der Waals surface area contributed by atoms with Crippen LogP contribution in [-0.2, 0) is 0 Å². The summed E-state index contributed by atoms with van der Waals surface area (Å²) in [5.74, 6) is 1.64. The molecule has 0 aliphatic carbocycles. The van der Waals surface area contributed by atoms with Gasteiger partial charge < -0.3 is 10.1 Å². The molecule has 0 aliphatic heterocycles. The van der Waals surface area contributed by atoms with Gasteiger partial charge in [0, 0.05) is 23.8 Å². The van der Waals surface area contributed by atoms with Gasteiger partial charge in [-0.2, -0.15) is 5.10 Å². The molecule has 21 heavy (non-hydrogen) atoms. The van der Waals surface area contributed by atoms with Crippen molar-refractivity contribution in [3.05, 3.63) is 48.4 Å². The molecule has 2 heterocycles. The van der Waals surface area contributed by atoms with E-state index in [4.69, 9.17) is 9.72 Å². The van der Waals surface area contributed by atoms with E-state index in [1.54, 1.807) is 18.0 Å². The Balaban J connectivity index is 2.26. The molecule has 3 rings (SSSR count). The van der Waals surface area contributed by atoms with Crippen LogP contribution < -0.4 is 10.1 Å². The molecule has 5 heteroatoms. The standard InChI is InChI=1S/C16H18N4O/c1-11(17-2)16-14-6-5-13(21-3)9-12(14)10-15(19-16)20-8-4-7-18-20/h4-11,17H,1-3H3. The molecule has 0 radical (unpaired) electrons. The predicted octanol–water partition coefficient (Wildman–Crippen LogP) is 2.71. The molecule has 0 amide bonds. The maximum absolute atomic E-state index is 5.32. The smallest absolute Gasteiger partial charge is 0.154 e. The predicted molar refractivity (Wildman–Crippen MR) is 82.9 cm³/mol. The Bertz CT molecular complexity index is 752. The summed E-state index contributed by atoms with van der Waals surface area (Å²) in [5.41, 5.74) is 1.00. The minimum Gasteiger partial charge on any atom is -0.497 e. The highest BCUT2D eigenvalue weighted by molar-refractivity contribution is 5.87. The van der Waals surface area contributed by atoms with E-state index in [2.05, 4.69) is 23.4 Å². The topological polar surface area (TPSA) is 52.0 Å². The number of nitrogens with zero attached hydrogens (tertiary/aromatic N) is 3. The van der Waals surface area contributed by atoms with E-state index in [0.29, 0.717) is 0 Å². The van der Waals surface area contributed by atoms with E-state index in [1.165, 1.54) is 0 Å². The molecule has 0 spiro atoms. The molecule has 1 unspecified atom stereocenters. The van der Waals surface area contributed by atoms with E-state index in [1.807, 2.05) is 37.5 Å². The molecule has 0 bridgehead atoms. The Morgan fingerprint density at radius 1 is 1.29 bits per heavy atom. The molecule has 0 aliphatic rings. The Hall–Kier alpha value is -2.40. The summed E-state index contributed by atoms with van der Waals surface area (Å²) < 4.78 is 7.09. The lowest BCUT2D eigenvalue weighted by molar-refractivity contribution is 0.415. The van der Waals surface area contributed by atoms with Crippen molar-refractivity contribution in [2.24, 2.45) is 0 Å². The van der Waals surface area contributed by atoms with Gasteiger partial charge in [-0.05, 0) is 49.7 Å². The van der Waals surface area contributed by atoms with Crippen LogP contribution in [0.1, 0.15) is 18.7 Å². The van der Waals surface area contributed by atoms with Gasteiger partial charge in [0.05, 0.1) is 12.8 Å². The number of fused-ring (bicyclic) bond motifs is 1. The average Bonchev–Trinajstić information content (AvgIpc) is 3.06. The molecule has 5 nitrogen and oxygen atoms in total. The number of hydrogen-bond acceptors (Lipinski definition) is 4. The van der Waals surface area contributed by atoms with Crippen LogP contribution in [0.15, 0.2) is 42.7 Å². The summed E-state index contributed by atoms with van der Waals surface area (Å²) in [6.45, 7) is 2.10. The zero-order valence-corrected chi connectivity index (χ0v) is 12.4. The molecule has 0 fully saturated rings. The molecular weight excluding hydrogens is 264 g/mol. The lowest BCUT2D eigenvalue weighted by atomic mass is 10.1. The first-order chi connectivity index (χ1) is 10.2. The summed E-state index contributed by atoms with van der Waals surface area (Å²) >= 11 is 0. The zero-order valence-electron chi connectivity index (χ0n) is 12.4. The second-order valence-corrected chi connectivity index (χ2v) is 4.91. The monoisotopic (exact) mass is 282 g/mol. The van der Waals surface area contributed by atoms with E-state index in [-0.39, 0.29) is 6.04 Å². The average molecular weight is 282 g/mol. The molecule has 0 saturated carbocycles. The Morgan fingerprint density at radius 2 is 2.14 bits per heavy atom. The first kappa shape index (κ1) is 13.6. The van der Waals surface area contributed by atoms with Gasteiger partial charge in [-0.1, -0.05) is 0 Å². The number of benzene rings is 1. The van der Waals surface area contributed by atoms with Gasteiger partial charge in [-0.3, -0.25) is 0 Å². The fourth-order valence-electron chi connectivity index (χ4n) is 2.36. The quantitative estimate of drug-likeness (QED) is 0.799. The third-order valence-corrected chi connectivity index (χ3v) is 3.64. The summed E-state index contributed by atoms with van der Waals surface area (Å²) in [6.07, 6.45) is 3.64. The number of hydrogen-bond donors (Lipinski definition) is 1. The van der Waals surface area contributed by atoms with Crippen LogP contribution in [0, 0.1) is 0 Å². The Morgan fingerprint density at radius 3 is 2.81 bits per heavy atom. The Kier molecular flexibility index (Phi) is 3.58. The lowest BCUT2D eigenvalue weighted by Gasteiger charge is -2.15. The maximum atomic E-state index is 5.32. The van der Waals surface area contributed by atoms with Crippen molar-refractivity contribution < 1.29 is 4.74 Å². The number of rotatable bonds is 4. The largest absolute Gasteiger partial charge is 0.497 e. The van der Waals surface area contributed by atoms with Gasteiger partial charge in [0.1, 0.15) is 5.75 Å². The number of ether oxygens (including phenoxy) is 1. The summed E-state index contributed by atoms with van der Waals surface area (Å²) in [6, 6.07) is 10.1. The fourth-order valence-corrected chi connectivity index (χ4v) is 2.36. The second-order valence-electron chi connectivity index (χ2n) is 4.91. The van der Waals surface area contributed by atoms with E-state index < -0.39 is 0 Å². The van der Waals surface area contributed by atoms with Crippen molar-refractivity contribution in [2.45, 2.75) is 13.0 Å². The molecule has 108 valence electrons. The van der Waals surface area contributed by atoms with Gasteiger partial charge in [0.2, 0.25) is 0 Å². The minimum atomic E-state index is 0.149. The maximum Gasteiger partial charge on any atom is 0.154 e. The van der Waals surface area contributed by atoms with Crippen molar-refractivity contribution in [1.29, 1.82) is 0 Å². The van der Waals surface area contributed by atoms with Gasteiger partial charge in [0.25, 0.3) is 0 Å². The van der Waals surface area contributed by atoms with Crippen LogP contribution in [-0.4, -0.2) is 28.9 Å². The number of pyridine rings is 1. The van der Waals surface area contributed by atoms with Crippen LogP contribution in [0.2, 0.25) is 0 Å². The molecule has 1 N–H and O–H groups in total.